The van der Waals surface area contributed by atoms with Crippen LogP contribution in [0, 0.1) is 5.92 Å². The molecule has 1 amide bonds. The van der Waals surface area contributed by atoms with Crippen LogP contribution in [0.1, 0.15) is 32.6 Å². The molecule has 4 rings (SSSR count). The van der Waals surface area contributed by atoms with E-state index in [2.05, 4.69) is 27.8 Å². The summed E-state index contributed by atoms with van der Waals surface area (Å²) in [5.41, 5.74) is 4.76. The van der Waals surface area contributed by atoms with Crippen LogP contribution in [-0.4, -0.2) is 28.5 Å². The van der Waals surface area contributed by atoms with Crippen molar-refractivity contribution in [2.75, 3.05) is 12.4 Å². The number of fused-ring (bicyclic) bond motifs is 1. The Morgan fingerprint density at radius 2 is 2.03 bits per heavy atom. The average molecular weight is 411 g/mol. The maximum absolute atomic E-state index is 12.7. The lowest BCUT2D eigenvalue weighted by atomic mass is 9.85. The smallest absolute Gasteiger partial charge is 0.253 e. The number of aromatic nitrogens is 2. The van der Waals surface area contributed by atoms with E-state index < -0.39 is 0 Å². The third-order valence-corrected chi connectivity index (χ3v) is 6.67. The van der Waals surface area contributed by atoms with E-state index in [0.29, 0.717) is 6.54 Å². The molecule has 0 saturated heterocycles. The minimum Gasteiger partial charge on any atom is -0.382 e. The fourth-order valence-electron chi connectivity index (χ4n) is 4.27. The molecule has 29 heavy (non-hydrogen) atoms. The molecule has 0 aliphatic heterocycles. The lowest BCUT2D eigenvalue weighted by Gasteiger charge is -2.29. The highest BCUT2D eigenvalue weighted by atomic mass is 32.1. The summed E-state index contributed by atoms with van der Waals surface area (Å²) < 4.78 is 1.81. The Balaban J connectivity index is 1.67. The van der Waals surface area contributed by atoms with Crippen molar-refractivity contribution in [2.24, 2.45) is 5.92 Å². The van der Waals surface area contributed by atoms with Gasteiger partial charge in [0.05, 0.1) is 15.9 Å². The maximum Gasteiger partial charge on any atom is 0.253 e. The molecule has 0 radical (unpaired) electrons. The van der Waals surface area contributed by atoms with Crippen LogP contribution in [0.15, 0.2) is 40.8 Å². The Morgan fingerprint density at radius 1 is 1.24 bits per heavy atom. The maximum atomic E-state index is 12.7. The second kappa shape index (κ2) is 8.37. The zero-order valence-corrected chi connectivity index (χ0v) is 17.6. The van der Waals surface area contributed by atoms with Crippen LogP contribution in [0.25, 0.3) is 21.3 Å². The minimum atomic E-state index is 0.00656. The molecular weight excluding hydrogens is 384 g/mol. The molecule has 0 bridgehead atoms. The Hall–Kier alpha value is -2.67. The van der Waals surface area contributed by atoms with Crippen molar-refractivity contribution in [3.63, 3.8) is 0 Å². The van der Waals surface area contributed by atoms with Gasteiger partial charge in [0.2, 0.25) is 5.91 Å². The van der Waals surface area contributed by atoms with Crippen LogP contribution in [0.4, 0.5) is 5.69 Å². The van der Waals surface area contributed by atoms with E-state index in [1.165, 1.54) is 0 Å². The number of hydrogen-bond acceptors (Lipinski definition) is 5. The highest BCUT2D eigenvalue weighted by molar-refractivity contribution is 7.13. The third-order valence-electron chi connectivity index (χ3n) is 5.85. The molecular formula is C22H26N4O2S. The van der Waals surface area contributed by atoms with E-state index in [4.69, 9.17) is 0 Å². The standard InChI is InChI=1S/C22H26N4O2S/c1-3-26-19-9-6-15(20-12-24-13-29-20)10-17(19)18(11-21(26)27)25-16-7-4-14(5-8-16)22(28)23-2/h6,9-14,16,25H,3-5,7-8H2,1-2H3,(H,23,28)/t14-,16-. The summed E-state index contributed by atoms with van der Waals surface area (Å²) >= 11 is 1.61. The van der Waals surface area contributed by atoms with Crippen LogP contribution in [0.2, 0.25) is 0 Å². The first-order valence-electron chi connectivity index (χ1n) is 10.1. The predicted octanol–water partition coefficient (Wildman–Crippen LogP) is 3.86. The van der Waals surface area contributed by atoms with Gasteiger partial charge in [-0.15, -0.1) is 11.3 Å². The van der Waals surface area contributed by atoms with Crippen molar-refractivity contribution in [2.45, 2.75) is 45.2 Å². The number of rotatable bonds is 5. The number of hydrogen-bond donors (Lipinski definition) is 2. The van der Waals surface area contributed by atoms with Gasteiger partial charge < -0.3 is 15.2 Å². The third kappa shape index (κ3) is 3.92. The quantitative estimate of drug-likeness (QED) is 0.670. The van der Waals surface area contributed by atoms with Crippen LogP contribution in [0.3, 0.4) is 0 Å². The summed E-state index contributed by atoms with van der Waals surface area (Å²) in [5.74, 6) is 0.231. The first kappa shape index (κ1) is 19.6. The lowest BCUT2D eigenvalue weighted by molar-refractivity contribution is -0.125. The number of anilines is 1. The van der Waals surface area contributed by atoms with E-state index >= 15 is 0 Å². The van der Waals surface area contributed by atoms with Crippen molar-refractivity contribution in [1.82, 2.24) is 14.9 Å². The lowest BCUT2D eigenvalue weighted by Crippen LogP contribution is -2.34. The second-order valence-corrected chi connectivity index (χ2v) is 8.43. The number of benzene rings is 1. The molecule has 2 N–H and O–H groups in total. The van der Waals surface area contributed by atoms with Crippen molar-refractivity contribution in [3.05, 3.63) is 46.3 Å². The second-order valence-electron chi connectivity index (χ2n) is 7.55. The fraction of sp³-hybridized carbons (Fsp3) is 0.409. The molecule has 7 heteroatoms. The number of aryl methyl sites for hydroxylation is 1. The Kier molecular flexibility index (Phi) is 5.67. The van der Waals surface area contributed by atoms with Gasteiger partial charge >= 0.3 is 0 Å². The van der Waals surface area contributed by atoms with Crippen LogP contribution in [-0.2, 0) is 11.3 Å². The largest absolute Gasteiger partial charge is 0.382 e. The van der Waals surface area contributed by atoms with Gasteiger partial charge in [-0.05, 0) is 50.3 Å². The summed E-state index contributed by atoms with van der Waals surface area (Å²) in [4.78, 5) is 29.9. The topological polar surface area (TPSA) is 76.0 Å². The summed E-state index contributed by atoms with van der Waals surface area (Å²) in [6, 6.07) is 8.21. The van der Waals surface area contributed by atoms with Crippen molar-refractivity contribution in [1.29, 1.82) is 0 Å². The molecule has 2 aromatic heterocycles. The summed E-state index contributed by atoms with van der Waals surface area (Å²) in [5, 5.41) is 7.41. The van der Waals surface area contributed by atoms with Crippen LogP contribution in [0.5, 0.6) is 0 Å². The average Bonchev–Trinajstić information content (AvgIpc) is 3.28. The van der Waals surface area contributed by atoms with E-state index in [1.54, 1.807) is 29.0 Å². The SMILES string of the molecule is CCn1c(=O)cc(N[C@H]2CC[C@H](C(=O)NC)CC2)c2cc(-c3cncs3)ccc21. The number of thiazole rings is 1. The number of amides is 1. The normalized spacial score (nSPS) is 19.2. The predicted molar refractivity (Wildman–Crippen MR) is 118 cm³/mol. The highest BCUT2D eigenvalue weighted by Crippen LogP contribution is 2.32. The first-order valence-corrected chi connectivity index (χ1v) is 11.0. The molecule has 6 nitrogen and oxygen atoms in total. The van der Waals surface area contributed by atoms with Gasteiger partial charge in [0.25, 0.3) is 5.56 Å². The van der Waals surface area contributed by atoms with Crippen molar-refractivity contribution < 1.29 is 4.79 Å². The number of nitrogens with zero attached hydrogens (tertiary/aromatic N) is 2. The summed E-state index contributed by atoms with van der Waals surface area (Å²) in [7, 11) is 1.70. The molecule has 1 aromatic carbocycles. The molecule has 3 aromatic rings. The Bertz CT molecular complexity index is 1070. The summed E-state index contributed by atoms with van der Waals surface area (Å²) in [6.07, 6.45) is 5.45. The molecule has 1 saturated carbocycles. The van der Waals surface area contributed by atoms with E-state index in [-0.39, 0.29) is 23.4 Å². The van der Waals surface area contributed by atoms with Crippen molar-refractivity contribution >= 4 is 33.8 Å². The molecule has 0 unspecified atom stereocenters. The highest BCUT2D eigenvalue weighted by Gasteiger charge is 2.26. The number of carbonyl (C=O) groups is 1. The zero-order chi connectivity index (χ0) is 20.4. The van der Waals surface area contributed by atoms with E-state index in [0.717, 1.165) is 52.7 Å². The Morgan fingerprint density at radius 3 is 2.69 bits per heavy atom. The molecule has 1 aliphatic rings. The number of pyridine rings is 1. The molecule has 152 valence electrons. The van der Waals surface area contributed by atoms with Crippen LogP contribution >= 0.6 is 11.3 Å². The van der Waals surface area contributed by atoms with Crippen molar-refractivity contribution in [3.8, 4) is 10.4 Å². The molecule has 0 atom stereocenters. The first-order chi connectivity index (χ1) is 14.1. The number of carbonyl (C=O) groups excluding carboxylic acids is 1. The molecule has 2 heterocycles. The molecule has 0 spiro atoms. The summed E-state index contributed by atoms with van der Waals surface area (Å²) in [6.45, 7) is 2.62. The monoisotopic (exact) mass is 410 g/mol. The molecule has 1 fully saturated rings. The molecule has 1 aliphatic carbocycles. The zero-order valence-electron chi connectivity index (χ0n) is 16.8. The van der Waals surface area contributed by atoms with Gasteiger partial charge in [-0.3, -0.25) is 14.6 Å². The van der Waals surface area contributed by atoms with Gasteiger partial charge in [-0.2, -0.15) is 0 Å². The van der Waals surface area contributed by atoms with Gasteiger partial charge in [0.1, 0.15) is 0 Å². The fourth-order valence-corrected chi connectivity index (χ4v) is 4.89. The number of nitrogens with one attached hydrogen (secondary N) is 2. The van der Waals surface area contributed by atoms with Gasteiger partial charge in [0, 0.05) is 48.9 Å². The minimum absolute atomic E-state index is 0.00656. The van der Waals surface area contributed by atoms with Crippen LogP contribution < -0.4 is 16.2 Å². The van der Waals surface area contributed by atoms with E-state index in [9.17, 15) is 9.59 Å². The van der Waals surface area contributed by atoms with Gasteiger partial charge in [-0.1, -0.05) is 6.07 Å². The Labute approximate surface area is 174 Å². The van der Waals surface area contributed by atoms with E-state index in [1.807, 2.05) is 24.7 Å². The van der Waals surface area contributed by atoms with Gasteiger partial charge in [-0.25, -0.2) is 0 Å². The van der Waals surface area contributed by atoms with Gasteiger partial charge in [0.15, 0.2) is 0 Å².